The van der Waals surface area contributed by atoms with Crippen molar-refractivity contribution in [3.8, 4) is 0 Å². The zero-order valence-corrected chi connectivity index (χ0v) is 10.2. The molecule has 5 nitrogen and oxygen atoms in total. The van der Waals surface area contributed by atoms with Gasteiger partial charge in [0.2, 0.25) is 5.91 Å². The van der Waals surface area contributed by atoms with E-state index in [-0.39, 0.29) is 18.4 Å². The molecule has 0 aromatic rings. The van der Waals surface area contributed by atoms with Crippen molar-refractivity contribution in [3.05, 3.63) is 0 Å². The van der Waals surface area contributed by atoms with E-state index in [1.54, 1.807) is 19.1 Å². The molecule has 0 heterocycles. The summed E-state index contributed by atoms with van der Waals surface area (Å²) in [5, 5.41) is 8.43. The number of aliphatic carboxylic acids is 1. The van der Waals surface area contributed by atoms with E-state index in [1.807, 2.05) is 6.92 Å². The normalized spacial score (nSPS) is 12.2. The van der Waals surface area contributed by atoms with Crippen LogP contribution < -0.4 is 0 Å². The number of ether oxygens (including phenoxy) is 1. The third-order valence-corrected chi connectivity index (χ3v) is 2.49. The molecule has 0 spiro atoms. The minimum atomic E-state index is -0.812. The van der Waals surface area contributed by atoms with E-state index in [4.69, 9.17) is 9.84 Å². The second kappa shape index (κ2) is 8.10. The fraction of sp³-hybridized carbons (Fsp3) is 0.818. The molecule has 94 valence electrons. The van der Waals surface area contributed by atoms with Crippen LogP contribution in [0.3, 0.4) is 0 Å². The van der Waals surface area contributed by atoms with Gasteiger partial charge in [0.05, 0.1) is 12.6 Å². The molecular formula is C11H21NO4. The summed E-state index contributed by atoms with van der Waals surface area (Å²) >= 11 is 0. The lowest BCUT2D eigenvalue weighted by Gasteiger charge is -2.24. The van der Waals surface area contributed by atoms with Crippen LogP contribution in [0.1, 0.15) is 32.6 Å². The van der Waals surface area contributed by atoms with Gasteiger partial charge in [-0.25, -0.2) is 0 Å². The predicted octanol–water partition coefficient (Wildman–Crippen LogP) is 1.12. The maximum Gasteiger partial charge on any atom is 0.303 e. The standard InChI is InChI=1S/C11H21NO4/c1-9(8-16-3)12(2)10(13)6-4-5-7-11(14)15/h9H,4-8H2,1-3H3,(H,14,15). The maximum absolute atomic E-state index is 11.6. The van der Waals surface area contributed by atoms with Crippen molar-refractivity contribution in [1.82, 2.24) is 4.90 Å². The highest BCUT2D eigenvalue weighted by Gasteiger charge is 2.14. The molecular weight excluding hydrogens is 210 g/mol. The van der Waals surface area contributed by atoms with Crippen molar-refractivity contribution >= 4 is 11.9 Å². The summed E-state index contributed by atoms with van der Waals surface area (Å²) in [5.74, 6) is -0.775. The van der Waals surface area contributed by atoms with Gasteiger partial charge in [-0.15, -0.1) is 0 Å². The van der Waals surface area contributed by atoms with E-state index in [2.05, 4.69) is 0 Å². The summed E-state index contributed by atoms with van der Waals surface area (Å²) in [5.41, 5.74) is 0. The summed E-state index contributed by atoms with van der Waals surface area (Å²) in [4.78, 5) is 23.5. The Kier molecular flexibility index (Phi) is 7.54. The van der Waals surface area contributed by atoms with Crippen LogP contribution in [0.4, 0.5) is 0 Å². The highest BCUT2D eigenvalue weighted by molar-refractivity contribution is 5.76. The number of carbonyl (C=O) groups is 2. The number of carboxylic acids is 1. The van der Waals surface area contributed by atoms with E-state index < -0.39 is 5.97 Å². The van der Waals surface area contributed by atoms with Crippen molar-refractivity contribution < 1.29 is 19.4 Å². The number of carboxylic acid groups (broad SMARTS) is 1. The average molecular weight is 231 g/mol. The van der Waals surface area contributed by atoms with E-state index in [0.717, 1.165) is 0 Å². The summed E-state index contributed by atoms with van der Waals surface area (Å²) in [6.45, 7) is 2.43. The number of nitrogens with zero attached hydrogens (tertiary/aromatic N) is 1. The highest BCUT2D eigenvalue weighted by Crippen LogP contribution is 2.05. The van der Waals surface area contributed by atoms with Crippen LogP contribution in [0.25, 0.3) is 0 Å². The quantitative estimate of drug-likeness (QED) is 0.636. The Hall–Kier alpha value is -1.10. The van der Waals surface area contributed by atoms with E-state index in [1.165, 1.54) is 0 Å². The zero-order chi connectivity index (χ0) is 12.6. The first kappa shape index (κ1) is 14.9. The van der Waals surface area contributed by atoms with Gasteiger partial charge in [0.15, 0.2) is 0 Å². The van der Waals surface area contributed by atoms with Crippen LogP contribution >= 0.6 is 0 Å². The topological polar surface area (TPSA) is 66.8 Å². The molecule has 0 fully saturated rings. The number of rotatable bonds is 8. The first-order valence-corrected chi connectivity index (χ1v) is 5.45. The molecule has 0 aliphatic rings. The van der Waals surface area contributed by atoms with Gasteiger partial charge in [-0.1, -0.05) is 0 Å². The molecule has 5 heteroatoms. The summed E-state index contributed by atoms with van der Waals surface area (Å²) in [7, 11) is 3.34. The lowest BCUT2D eigenvalue weighted by molar-refractivity contribution is -0.137. The lowest BCUT2D eigenvalue weighted by atomic mass is 10.1. The van der Waals surface area contributed by atoms with Gasteiger partial charge in [0, 0.05) is 27.0 Å². The number of likely N-dealkylation sites (N-methyl/N-ethyl adjacent to an activating group) is 1. The van der Waals surface area contributed by atoms with Crippen LogP contribution in [0.2, 0.25) is 0 Å². The van der Waals surface area contributed by atoms with Crippen LogP contribution in [-0.2, 0) is 14.3 Å². The maximum atomic E-state index is 11.6. The number of amides is 1. The number of carbonyl (C=O) groups excluding carboxylic acids is 1. The summed E-state index contributed by atoms with van der Waals surface area (Å²) < 4.78 is 4.96. The number of hydrogen-bond donors (Lipinski definition) is 1. The van der Waals surface area contributed by atoms with Crippen LogP contribution in [0, 0.1) is 0 Å². The summed E-state index contributed by atoms with van der Waals surface area (Å²) in [6, 6.07) is 0.0528. The van der Waals surface area contributed by atoms with Gasteiger partial charge in [0.1, 0.15) is 0 Å². The molecule has 1 unspecified atom stereocenters. The van der Waals surface area contributed by atoms with E-state index in [0.29, 0.717) is 25.9 Å². The molecule has 1 atom stereocenters. The molecule has 1 N–H and O–H groups in total. The van der Waals surface area contributed by atoms with Crippen molar-refractivity contribution in [1.29, 1.82) is 0 Å². The van der Waals surface area contributed by atoms with Crippen molar-refractivity contribution in [2.24, 2.45) is 0 Å². The first-order chi connectivity index (χ1) is 7.49. The Morgan fingerprint density at radius 2 is 1.88 bits per heavy atom. The van der Waals surface area contributed by atoms with Crippen LogP contribution in [-0.4, -0.2) is 48.7 Å². The SMILES string of the molecule is COCC(C)N(C)C(=O)CCCCC(=O)O. The smallest absolute Gasteiger partial charge is 0.303 e. The summed E-state index contributed by atoms with van der Waals surface area (Å²) in [6.07, 6.45) is 1.70. The van der Waals surface area contributed by atoms with E-state index >= 15 is 0 Å². The molecule has 16 heavy (non-hydrogen) atoms. The Balaban J connectivity index is 3.74. The molecule has 0 rings (SSSR count). The molecule has 0 saturated heterocycles. The zero-order valence-electron chi connectivity index (χ0n) is 10.2. The van der Waals surface area contributed by atoms with Crippen molar-refractivity contribution in [2.75, 3.05) is 20.8 Å². The van der Waals surface area contributed by atoms with Gasteiger partial charge in [-0.2, -0.15) is 0 Å². The Bertz CT molecular complexity index is 230. The molecule has 0 aliphatic carbocycles. The van der Waals surface area contributed by atoms with E-state index in [9.17, 15) is 9.59 Å². The molecule has 0 saturated carbocycles. The second-order valence-electron chi connectivity index (χ2n) is 3.91. The minimum absolute atomic E-state index is 0.0370. The second-order valence-corrected chi connectivity index (χ2v) is 3.91. The molecule has 0 aromatic carbocycles. The average Bonchev–Trinajstić information content (AvgIpc) is 2.23. The fourth-order valence-corrected chi connectivity index (χ4v) is 1.33. The first-order valence-electron chi connectivity index (χ1n) is 5.45. The third kappa shape index (κ3) is 6.40. The molecule has 0 aromatic heterocycles. The molecule has 0 aliphatic heterocycles. The van der Waals surface area contributed by atoms with Crippen LogP contribution in [0.5, 0.6) is 0 Å². The predicted molar refractivity (Wildman–Crippen MR) is 60.2 cm³/mol. The number of hydrogen-bond acceptors (Lipinski definition) is 3. The Labute approximate surface area is 96.4 Å². The lowest BCUT2D eigenvalue weighted by Crippen LogP contribution is -2.37. The largest absolute Gasteiger partial charge is 0.481 e. The minimum Gasteiger partial charge on any atom is -0.481 e. The molecule has 1 amide bonds. The fourth-order valence-electron chi connectivity index (χ4n) is 1.33. The Morgan fingerprint density at radius 3 is 2.38 bits per heavy atom. The number of unbranched alkanes of at least 4 members (excludes halogenated alkanes) is 1. The highest BCUT2D eigenvalue weighted by atomic mass is 16.5. The van der Waals surface area contributed by atoms with Gasteiger partial charge in [-0.05, 0) is 19.8 Å². The monoisotopic (exact) mass is 231 g/mol. The van der Waals surface area contributed by atoms with Gasteiger partial charge >= 0.3 is 5.97 Å². The Morgan fingerprint density at radius 1 is 1.31 bits per heavy atom. The number of methoxy groups -OCH3 is 1. The van der Waals surface area contributed by atoms with Crippen molar-refractivity contribution in [2.45, 2.75) is 38.6 Å². The van der Waals surface area contributed by atoms with Gasteiger partial charge in [0.25, 0.3) is 0 Å². The molecule has 0 bridgehead atoms. The van der Waals surface area contributed by atoms with Gasteiger partial charge < -0.3 is 14.7 Å². The van der Waals surface area contributed by atoms with Gasteiger partial charge in [-0.3, -0.25) is 9.59 Å². The van der Waals surface area contributed by atoms with Crippen molar-refractivity contribution in [3.63, 3.8) is 0 Å². The molecule has 0 radical (unpaired) electrons. The third-order valence-electron chi connectivity index (χ3n) is 2.49. The van der Waals surface area contributed by atoms with Crippen LogP contribution in [0.15, 0.2) is 0 Å².